The maximum absolute atomic E-state index is 15.0. The molecule has 10 nitrogen and oxygen atoms in total. The topological polar surface area (TPSA) is 101 Å². The van der Waals surface area contributed by atoms with Gasteiger partial charge >= 0.3 is 0 Å². The number of benzene rings is 1. The van der Waals surface area contributed by atoms with E-state index >= 15 is 4.39 Å². The maximum atomic E-state index is 15.0. The Labute approximate surface area is 206 Å². The fourth-order valence-electron chi connectivity index (χ4n) is 4.35. The lowest BCUT2D eigenvalue weighted by Gasteiger charge is -2.15. The Morgan fingerprint density at radius 2 is 2.14 bits per heavy atom. The number of aromatic nitrogens is 4. The van der Waals surface area contributed by atoms with Gasteiger partial charge in [0, 0.05) is 43.1 Å². The minimum atomic E-state index is -0.534. The van der Waals surface area contributed by atoms with Gasteiger partial charge in [-0.1, -0.05) is 6.07 Å². The van der Waals surface area contributed by atoms with Crippen LogP contribution >= 0.6 is 0 Å². The van der Waals surface area contributed by atoms with Crippen LogP contribution in [0.3, 0.4) is 0 Å². The molecule has 0 atom stereocenters. The van der Waals surface area contributed by atoms with Crippen molar-refractivity contribution in [1.29, 1.82) is 0 Å². The smallest absolute Gasteiger partial charge is 0.270 e. The molecule has 4 heterocycles. The number of carbonyl (C=O) groups is 1. The number of carbonyl (C=O) groups excluding carboxylic acids is 1. The Morgan fingerprint density at radius 1 is 1.25 bits per heavy atom. The average Bonchev–Trinajstić information content (AvgIpc) is 3.24. The maximum Gasteiger partial charge on any atom is 0.270 e. The van der Waals surface area contributed by atoms with E-state index in [2.05, 4.69) is 38.5 Å². The Kier molecular flexibility index (Phi) is 5.53. The highest BCUT2D eigenvalue weighted by atomic mass is 19.1. The highest BCUT2D eigenvalue weighted by molar-refractivity contribution is 5.92. The van der Waals surface area contributed by atoms with Gasteiger partial charge in [-0.25, -0.2) is 14.4 Å². The predicted octanol–water partition coefficient (Wildman–Crippen LogP) is 2.53. The van der Waals surface area contributed by atoms with Crippen molar-refractivity contribution in [3.63, 3.8) is 0 Å². The summed E-state index contributed by atoms with van der Waals surface area (Å²) in [4.78, 5) is 21.5. The number of fused-ring (bicyclic) bond motifs is 1. The second-order valence-corrected chi connectivity index (χ2v) is 8.87. The van der Waals surface area contributed by atoms with E-state index in [0.29, 0.717) is 29.4 Å². The van der Waals surface area contributed by atoms with E-state index in [-0.39, 0.29) is 18.2 Å². The average molecular weight is 489 g/mol. The van der Waals surface area contributed by atoms with E-state index in [4.69, 9.17) is 4.74 Å². The number of ether oxygens (including phenoxy) is 1. The van der Waals surface area contributed by atoms with Crippen molar-refractivity contribution >= 4 is 11.6 Å². The zero-order valence-electron chi connectivity index (χ0n) is 19.6. The summed E-state index contributed by atoms with van der Waals surface area (Å²) in [5.41, 5.74) is 10.1. The third-order valence-corrected chi connectivity index (χ3v) is 6.38. The third-order valence-electron chi connectivity index (χ3n) is 6.38. The monoisotopic (exact) mass is 488 g/mol. The second-order valence-electron chi connectivity index (χ2n) is 8.87. The van der Waals surface area contributed by atoms with E-state index in [1.165, 1.54) is 25.5 Å². The number of nitrogens with one attached hydrogen (secondary N) is 3. The number of rotatable bonds is 8. The summed E-state index contributed by atoms with van der Waals surface area (Å²) in [7, 11) is 1.40. The van der Waals surface area contributed by atoms with Crippen molar-refractivity contribution < 1.29 is 13.9 Å². The Bertz CT molecular complexity index is 1460. The Balaban J connectivity index is 1.13. The van der Waals surface area contributed by atoms with E-state index in [1.54, 1.807) is 46.6 Å². The molecule has 6 rings (SSSR count). The summed E-state index contributed by atoms with van der Waals surface area (Å²) in [6.07, 6.45) is 13.2. The Hall–Kier alpha value is -4.38. The summed E-state index contributed by atoms with van der Waals surface area (Å²) in [6.45, 7) is 0.420. The number of hydrazine groups is 2. The van der Waals surface area contributed by atoms with Crippen molar-refractivity contribution in [2.45, 2.75) is 31.8 Å². The van der Waals surface area contributed by atoms with Crippen LogP contribution in [-0.4, -0.2) is 37.0 Å². The molecule has 0 saturated heterocycles. The first-order valence-electron chi connectivity index (χ1n) is 11.7. The molecule has 0 unspecified atom stereocenters. The summed E-state index contributed by atoms with van der Waals surface area (Å²) in [6, 6.07) is 7.46. The molecule has 0 radical (unpaired) electrons. The molecular weight excluding hydrogens is 463 g/mol. The zero-order valence-corrected chi connectivity index (χ0v) is 19.6. The third kappa shape index (κ3) is 4.24. The van der Waals surface area contributed by atoms with Crippen molar-refractivity contribution in [3.8, 4) is 11.4 Å². The molecule has 36 heavy (non-hydrogen) atoms. The lowest BCUT2D eigenvalue weighted by molar-refractivity contribution is -0.118. The van der Waals surface area contributed by atoms with Gasteiger partial charge in [-0.2, -0.15) is 0 Å². The number of hydrogen-bond acceptors (Lipinski definition) is 7. The first kappa shape index (κ1) is 22.1. The normalized spacial score (nSPS) is 15.2. The molecule has 0 spiro atoms. The van der Waals surface area contributed by atoms with Crippen LogP contribution in [0.1, 0.15) is 35.6 Å². The lowest BCUT2D eigenvalue weighted by atomic mass is 10.1. The largest absolute Gasteiger partial charge is 0.494 e. The molecule has 1 amide bonds. The SMILES string of the molecule is COc1ccc(-n2ccnc2)c(CNC(=O)C2=CN(Cc3cn4cc(C5CC5)ccc4n3)NN2)c1F. The van der Waals surface area contributed by atoms with Gasteiger partial charge in [0.15, 0.2) is 11.6 Å². The molecule has 1 aliphatic heterocycles. The molecule has 3 N–H and O–H groups in total. The molecule has 2 aliphatic rings. The molecule has 0 bridgehead atoms. The van der Waals surface area contributed by atoms with Gasteiger partial charge in [0.25, 0.3) is 5.91 Å². The Morgan fingerprint density at radius 3 is 2.92 bits per heavy atom. The van der Waals surface area contributed by atoms with Crippen LogP contribution in [0.15, 0.2) is 67.3 Å². The number of imidazole rings is 2. The van der Waals surface area contributed by atoms with Crippen LogP contribution in [-0.2, 0) is 17.9 Å². The fourth-order valence-corrected chi connectivity index (χ4v) is 4.35. The van der Waals surface area contributed by atoms with Gasteiger partial charge in [0.1, 0.15) is 11.3 Å². The van der Waals surface area contributed by atoms with Crippen LogP contribution in [0.4, 0.5) is 4.39 Å². The molecule has 1 aliphatic carbocycles. The number of nitrogens with zero attached hydrogens (tertiary/aromatic N) is 5. The quantitative estimate of drug-likeness (QED) is 0.350. The molecule has 1 aromatic carbocycles. The predicted molar refractivity (Wildman–Crippen MR) is 129 cm³/mol. The summed E-state index contributed by atoms with van der Waals surface area (Å²) >= 11 is 0. The van der Waals surface area contributed by atoms with E-state index < -0.39 is 5.82 Å². The van der Waals surface area contributed by atoms with Gasteiger partial charge < -0.3 is 19.0 Å². The van der Waals surface area contributed by atoms with Gasteiger partial charge in [-0.15, -0.1) is 5.53 Å². The summed E-state index contributed by atoms with van der Waals surface area (Å²) < 4.78 is 23.9. The van der Waals surface area contributed by atoms with Crippen LogP contribution in [0.2, 0.25) is 0 Å². The van der Waals surface area contributed by atoms with Crippen molar-refractivity contribution in [3.05, 3.63) is 89.9 Å². The van der Waals surface area contributed by atoms with Gasteiger partial charge in [0.2, 0.25) is 0 Å². The summed E-state index contributed by atoms with van der Waals surface area (Å²) in [5.74, 6) is -0.136. The first-order valence-corrected chi connectivity index (χ1v) is 11.7. The van der Waals surface area contributed by atoms with Crippen molar-refractivity contribution in [2.75, 3.05) is 7.11 Å². The minimum absolute atomic E-state index is 0.0375. The molecule has 1 saturated carbocycles. The van der Waals surface area contributed by atoms with Crippen LogP contribution in [0.25, 0.3) is 11.3 Å². The van der Waals surface area contributed by atoms with Gasteiger partial charge in [-0.3, -0.25) is 15.2 Å². The highest BCUT2D eigenvalue weighted by Crippen LogP contribution is 2.39. The lowest BCUT2D eigenvalue weighted by Crippen LogP contribution is -2.38. The van der Waals surface area contributed by atoms with Crippen molar-refractivity contribution in [2.24, 2.45) is 0 Å². The number of methoxy groups -OCH3 is 1. The first-order chi connectivity index (χ1) is 17.6. The summed E-state index contributed by atoms with van der Waals surface area (Å²) in [5, 5.41) is 4.52. The highest BCUT2D eigenvalue weighted by Gasteiger charge is 2.24. The van der Waals surface area contributed by atoms with E-state index in [0.717, 1.165) is 11.3 Å². The van der Waals surface area contributed by atoms with Crippen LogP contribution < -0.4 is 21.0 Å². The number of pyridine rings is 1. The van der Waals surface area contributed by atoms with Crippen LogP contribution in [0, 0.1) is 5.82 Å². The van der Waals surface area contributed by atoms with Crippen LogP contribution in [0.5, 0.6) is 5.75 Å². The number of hydrogen-bond donors (Lipinski definition) is 3. The molecule has 184 valence electrons. The standard InChI is InChI=1S/C25H25FN8O2/c1-36-22-6-5-21(32-9-8-27-15-32)19(24(22)26)10-28-25(35)20-14-34(31-30-20)13-18-12-33-11-17(16-2-3-16)4-7-23(33)29-18/h4-9,11-12,14-16,30-31H,2-3,10,13H2,1H3,(H,28,35). The number of halogens is 1. The van der Waals surface area contributed by atoms with E-state index in [9.17, 15) is 4.79 Å². The molecule has 4 aromatic rings. The molecule has 3 aromatic heterocycles. The molecule has 11 heteroatoms. The van der Waals surface area contributed by atoms with Crippen molar-refractivity contribution in [1.82, 2.24) is 40.2 Å². The number of amides is 1. The van der Waals surface area contributed by atoms with Gasteiger partial charge in [-0.05, 0) is 42.5 Å². The van der Waals surface area contributed by atoms with Gasteiger partial charge in [0.05, 0.1) is 31.4 Å². The minimum Gasteiger partial charge on any atom is -0.494 e. The molecule has 1 fully saturated rings. The fraction of sp³-hybridized carbons (Fsp3) is 0.240. The second kappa shape index (κ2) is 9.00. The van der Waals surface area contributed by atoms with E-state index in [1.807, 2.05) is 16.7 Å². The molecular formula is C25H25FN8O2. The zero-order chi connectivity index (χ0) is 24.6.